The molecule has 0 fully saturated rings. The maximum absolute atomic E-state index is 14.3. The van der Waals surface area contributed by atoms with Crippen LogP contribution in [0.5, 0.6) is 0 Å². The molecule has 0 saturated heterocycles. The van der Waals surface area contributed by atoms with E-state index in [9.17, 15) is 19.2 Å². The molecule has 0 bridgehead atoms. The van der Waals surface area contributed by atoms with E-state index in [4.69, 9.17) is 4.74 Å². The third-order valence-electron chi connectivity index (χ3n) is 9.34. The van der Waals surface area contributed by atoms with E-state index < -0.39 is 23.0 Å². The number of amides is 3. The topological polar surface area (TPSA) is 117 Å². The number of thiophene rings is 1. The molecule has 11 heteroatoms. The molecule has 2 heterocycles. The quantitative estimate of drug-likeness (QED) is 0.0608. The molecule has 3 amide bonds. The van der Waals surface area contributed by atoms with E-state index in [1.807, 2.05) is 91.0 Å². The van der Waals surface area contributed by atoms with Crippen molar-refractivity contribution >= 4 is 63.6 Å². The molecule has 286 valence electrons. The standard InChI is InChI=1S/C46H40N4O5S2/c1-55-46(54)40-37-25-26-50(29-32-17-8-3-9-18-32)30-39(37)57-45(40)49-44(53)41(33-19-10-4-11-20-33)56-36-24-14-23-35(28-36)47-43(52)38(27-31-15-6-2-7-16-31)48-42(51)34-21-12-5-13-22-34/h2-24,27-28,41H,25-26,29-30H2,1H3,(H,47,52)(H,48,51)(H,49,53)/b38-27-. The maximum Gasteiger partial charge on any atom is 0.341 e. The minimum absolute atomic E-state index is 0.0675. The molecule has 6 aromatic rings. The normalized spacial score (nSPS) is 13.2. The zero-order valence-electron chi connectivity index (χ0n) is 31.1. The highest BCUT2D eigenvalue weighted by Crippen LogP contribution is 2.41. The summed E-state index contributed by atoms with van der Waals surface area (Å²) in [7, 11) is 1.36. The third-order valence-corrected chi connectivity index (χ3v) is 11.7. The summed E-state index contributed by atoms with van der Waals surface area (Å²) in [4.78, 5) is 58.5. The first-order valence-electron chi connectivity index (χ1n) is 18.4. The number of methoxy groups -OCH3 is 1. The van der Waals surface area contributed by atoms with Gasteiger partial charge in [0.2, 0.25) is 5.91 Å². The lowest BCUT2D eigenvalue weighted by Gasteiger charge is -2.27. The number of carbonyl (C=O) groups is 4. The van der Waals surface area contributed by atoms with Crippen LogP contribution in [0.25, 0.3) is 6.08 Å². The number of benzene rings is 5. The Balaban J connectivity index is 1.11. The fraction of sp³-hybridized carbons (Fsp3) is 0.130. The Morgan fingerprint density at radius 2 is 1.47 bits per heavy atom. The summed E-state index contributed by atoms with van der Waals surface area (Å²) in [5.41, 5.74) is 5.00. The fourth-order valence-corrected chi connectivity index (χ4v) is 8.92. The maximum atomic E-state index is 14.3. The molecule has 0 aliphatic carbocycles. The van der Waals surface area contributed by atoms with Gasteiger partial charge in [-0.05, 0) is 65.1 Å². The molecule has 1 aliphatic rings. The summed E-state index contributed by atoms with van der Waals surface area (Å²) in [5.74, 6) is -1.71. The van der Waals surface area contributed by atoms with Gasteiger partial charge in [0.15, 0.2) is 0 Å². The number of hydrogen-bond acceptors (Lipinski definition) is 8. The minimum atomic E-state index is -0.713. The number of carbonyl (C=O) groups excluding carboxylic acids is 4. The van der Waals surface area contributed by atoms with Gasteiger partial charge in [0.25, 0.3) is 11.8 Å². The van der Waals surface area contributed by atoms with Crippen LogP contribution >= 0.6 is 23.1 Å². The van der Waals surface area contributed by atoms with Gasteiger partial charge in [-0.2, -0.15) is 0 Å². The van der Waals surface area contributed by atoms with E-state index >= 15 is 0 Å². The molecule has 5 aromatic carbocycles. The summed E-state index contributed by atoms with van der Waals surface area (Å²) in [6, 6.07) is 44.8. The second-order valence-electron chi connectivity index (χ2n) is 13.3. The predicted octanol–water partition coefficient (Wildman–Crippen LogP) is 8.97. The van der Waals surface area contributed by atoms with Crippen LogP contribution in [0.3, 0.4) is 0 Å². The van der Waals surface area contributed by atoms with Crippen LogP contribution in [0.4, 0.5) is 10.7 Å². The molecule has 1 aliphatic heterocycles. The number of hydrogen-bond donors (Lipinski definition) is 3. The Bertz CT molecular complexity index is 2390. The van der Waals surface area contributed by atoms with Crippen LogP contribution in [0.1, 0.15) is 53.1 Å². The zero-order chi connectivity index (χ0) is 39.6. The first-order chi connectivity index (χ1) is 27.8. The SMILES string of the molecule is COC(=O)c1c(NC(=O)C(Sc2cccc(NC(=O)/C(=C/c3ccccc3)NC(=O)c3ccccc3)c2)c2ccccc2)sc2c1CCN(Cc1ccccc1)C2. The number of fused-ring (bicyclic) bond motifs is 1. The minimum Gasteiger partial charge on any atom is -0.465 e. The molecule has 0 spiro atoms. The second-order valence-corrected chi connectivity index (χ2v) is 15.6. The lowest BCUT2D eigenvalue weighted by Crippen LogP contribution is -2.30. The molecule has 57 heavy (non-hydrogen) atoms. The molecular weight excluding hydrogens is 753 g/mol. The van der Waals surface area contributed by atoms with Gasteiger partial charge < -0.3 is 20.7 Å². The van der Waals surface area contributed by atoms with Crippen molar-refractivity contribution in [2.75, 3.05) is 24.3 Å². The van der Waals surface area contributed by atoms with E-state index in [0.29, 0.717) is 39.7 Å². The number of anilines is 2. The number of ether oxygens (including phenoxy) is 1. The lowest BCUT2D eigenvalue weighted by molar-refractivity contribution is -0.116. The first-order valence-corrected chi connectivity index (χ1v) is 20.1. The molecule has 0 saturated carbocycles. The summed E-state index contributed by atoms with van der Waals surface area (Å²) < 4.78 is 5.22. The molecule has 7 rings (SSSR count). The summed E-state index contributed by atoms with van der Waals surface area (Å²) in [5, 5.41) is 8.56. The van der Waals surface area contributed by atoms with Crippen molar-refractivity contribution in [2.45, 2.75) is 29.7 Å². The molecular formula is C46H40N4O5S2. The number of nitrogens with zero attached hydrogens (tertiary/aromatic N) is 1. The average Bonchev–Trinajstić information content (AvgIpc) is 3.60. The number of rotatable bonds is 13. The Labute approximate surface area is 339 Å². The van der Waals surface area contributed by atoms with Gasteiger partial charge in [-0.15, -0.1) is 23.1 Å². The van der Waals surface area contributed by atoms with E-state index in [2.05, 4.69) is 33.0 Å². The van der Waals surface area contributed by atoms with Crippen LogP contribution in [-0.4, -0.2) is 42.2 Å². The third kappa shape index (κ3) is 9.95. The highest BCUT2D eigenvalue weighted by atomic mass is 32.2. The van der Waals surface area contributed by atoms with Crippen LogP contribution < -0.4 is 16.0 Å². The van der Waals surface area contributed by atoms with Crippen molar-refractivity contribution in [3.8, 4) is 0 Å². The average molecular weight is 793 g/mol. The van der Waals surface area contributed by atoms with Crippen molar-refractivity contribution in [3.63, 3.8) is 0 Å². The molecule has 1 unspecified atom stereocenters. The number of esters is 1. The summed E-state index contributed by atoms with van der Waals surface area (Å²) >= 11 is 2.73. The highest BCUT2D eigenvalue weighted by molar-refractivity contribution is 8.00. The van der Waals surface area contributed by atoms with Gasteiger partial charge in [0, 0.05) is 40.7 Å². The van der Waals surface area contributed by atoms with Gasteiger partial charge >= 0.3 is 5.97 Å². The Morgan fingerprint density at radius 1 is 0.807 bits per heavy atom. The first kappa shape index (κ1) is 39.0. The van der Waals surface area contributed by atoms with E-state index in [-0.39, 0.29) is 11.6 Å². The zero-order valence-corrected chi connectivity index (χ0v) is 32.8. The van der Waals surface area contributed by atoms with Crippen molar-refractivity contribution in [2.24, 2.45) is 0 Å². The molecule has 9 nitrogen and oxygen atoms in total. The van der Waals surface area contributed by atoms with Gasteiger partial charge in [0.05, 0.1) is 12.7 Å². The number of thioether (sulfide) groups is 1. The van der Waals surface area contributed by atoms with Crippen LogP contribution in [0.2, 0.25) is 0 Å². The van der Waals surface area contributed by atoms with Crippen molar-refractivity contribution in [3.05, 3.63) is 190 Å². The lowest BCUT2D eigenvalue weighted by atomic mass is 10.0. The van der Waals surface area contributed by atoms with E-state index in [1.165, 1.54) is 35.8 Å². The molecule has 1 aromatic heterocycles. The molecule has 0 radical (unpaired) electrons. The Morgan fingerprint density at radius 3 is 2.18 bits per heavy atom. The fourth-order valence-electron chi connectivity index (χ4n) is 6.56. The summed E-state index contributed by atoms with van der Waals surface area (Å²) in [6.07, 6.45) is 2.28. The van der Waals surface area contributed by atoms with E-state index in [1.54, 1.807) is 48.5 Å². The van der Waals surface area contributed by atoms with Crippen LogP contribution in [-0.2, 0) is 33.8 Å². The smallest absolute Gasteiger partial charge is 0.341 e. The van der Waals surface area contributed by atoms with Crippen molar-refractivity contribution in [1.29, 1.82) is 0 Å². The van der Waals surface area contributed by atoms with Crippen LogP contribution in [0, 0.1) is 0 Å². The Kier molecular flexibility index (Phi) is 12.7. The van der Waals surface area contributed by atoms with Gasteiger partial charge in [-0.1, -0.05) is 115 Å². The highest BCUT2D eigenvalue weighted by Gasteiger charge is 2.31. The van der Waals surface area contributed by atoms with Crippen molar-refractivity contribution in [1.82, 2.24) is 10.2 Å². The van der Waals surface area contributed by atoms with Gasteiger partial charge in [-0.3, -0.25) is 19.3 Å². The van der Waals surface area contributed by atoms with Crippen LogP contribution in [0.15, 0.2) is 156 Å². The second kappa shape index (κ2) is 18.6. The van der Waals surface area contributed by atoms with Gasteiger partial charge in [0.1, 0.15) is 15.9 Å². The van der Waals surface area contributed by atoms with Crippen molar-refractivity contribution < 1.29 is 23.9 Å². The van der Waals surface area contributed by atoms with Gasteiger partial charge in [-0.25, -0.2) is 4.79 Å². The molecule has 1 atom stereocenters. The monoisotopic (exact) mass is 792 g/mol. The van der Waals surface area contributed by atoms with E-state index in [0.717, 1.165) is 34.7 Å². The number of nitrogens with one attached hydrogen (secondary N) is 3. The summed E-state index contributed by atoms with van der Waals surface area (Å²) in [6.45, 7) is 2.21. The largest absolute Gasteiger partial charge is 0.465 e. The molecule has 3 N–H and O–H groups in total. The predicted molar refractivity (Wildman–Crippen MR) is 227 cm³/mol. The Hall–Kier alpha value is -6.27.